The van der Waals surface area contributed by atoms with Crippen LogP contribution in [0.25, 0.3) is 0 Å². The number of nitrogens with one attached hydrogen (secondary N) is 1. The number of anilines is 1. The Morgan fingerprint density at radius 1 is 1.07 bits per heavy atom. The van der Waals surface area contributed by atoms with Gasteiger partial charge in [0.1, 0.15) is 6.54 Å². The summed E-state index contributed by atoms with van der Waals surface area (Å²) in [4.78, 5) is 43.4. The smallest absolute Gasteiger partial charge is 0.262 e. The summed E-state index contributed by atoms with van der Waals surface area (Å²) in [5.41, 5.74) is 2.25. The summed E-state index contributed by atoms with van der Waals surface area (Å²) in [5.74, 6) is -1.31. The number of carbonyl (C=O) groups excluding carboxylic acids is 3. The third-order valence-electron chi connectivity index (χ3n) is 4.12. The van der Waals surface area contributed by atoms with Gasteiger partial charge in [0, 0.05) is 21.7 Å². The normalized spacial score (nSPS) is 13.0. The third-order valence-corrected chi connectivity index (χ3v) is 6.19. The summed E-state index contributed by atoms with van der Waals surface area (Å²) in [6.07, 6.45) is 0. The summed E-state index contributed by atoms with van der Waals surface area (Å²) >= 11 is 3.14. The highest BCUT2D eigenvalue weighted by molar-refractivity contribution is 8.01. The van der Waals surface area contributed by atoms with Crippen LogP contribution in [0.1, 0.15) is 26.4 Å². The van der Waals surface area contributed by atoms with Crippen molar-refractivity contribution in [3.05, 3.63) is 70.7 Å². The van der Waals surface area contributed by atoms with Gasteiger partial charge in [-0.25, -0.2) is 4.98 Å². The van der Waals surface area contributed by atoms with Gasteiger partial charge in [0.2, 0.25) is 5.91 Å². The fourth-order valence-electron chi connectivity index (χ4n) is 2.81. The number of aromatic nitrogens is 1. The first-order chi connectivity index (χ1) is 13.5. The molecule has 28 heavy (non-hydrogen) atoms. The number of benzene rings is 2. The van der Waals surface area contributed by atoms with Crippen molar-refractivity contribution >= 4 is 46.5 Å². The van der Waals surface area contributed by atoms with Crippen LogP contribution in [0.15, 0.2) is 63.1 Å². The van der Waals surface area contributed by atoms with E-state index < -0.39 is 17.7 Å². The molecule has 0 atom stereocenters. The fraction of sp³-hybridized carbons (Fsp3) is 0.100. The van der Waals surface area contributed by atoms with Crippen molar-refractivity contribution in [2.24, 2.45) is 0 Å². The van der Waals surface area contributed by atoms with Gasteiger partial charge < -0.3 is 5.32 Å². The van der Waals surface area contributed by atoms with Gasteiger partial charge in [-0.15, -0.1) is 11.3 Å². The fourth-order valence-corrected chi connectivity index (χ4v) is 4.62. The van der Waals surface area contributed by atoms with Crippen LogP contribution >= 0.6 is 23.1 Å². The second-order valence-corrected chi connectivity index (χ2v) is 8.35. The van der Waals surface area contributed by atoms with Gasteiger partial charge in [-0.05, 0) is 43.3 Å². The zero-order valence-electron chi connectivity index (χ0n) is 14.8. The molecule has 0 saturated carbocycles. The Kier molecular flexibility index (Phi) is 4.97. The number of imide groups is 1. The van der Waals surface area contributed by atoms with Crippen LogP contribution in [0.2, 0.25) is 0 Å². The molecule has 0 fully saturated rings. The van der Waals surface area contributed by atoms with E-state index in [1.54, 1.807) is 59.5 Å². The van der Waals surface area contributed by atoms with Gasteiger partial charge in [0.15, 0.2) is 4.34 Å². The number of amides is 3. The zero-order valence-corrected chi connectivity index (χ0v) is 16.5. The third kappa shape index (κ3) is 3.69. The Morgan fingerprint density at radius 2 is 1.71 bits per heavy atom. The molecule has 1 aliphatic heterocycles. The van der Waals surface area contributed by atoms with E-state index >= 15 is 0 Å². The summed E-state index contributed by atoms with van der Waals surface area (Å²) in [6, 6.07) is 13.9. The lowest BCUT2D eigenvalue weighted by atomic mass is 10.1. The Hall–Kier alpha value is -2.97. The maximum Gasteiger partial charge on any atom is 0.262 e. The predicted molar refractivity (Wildman–Crippen MR) is 108 cm³/mol. The molecule has 6 nitrogen and oxygen atoms in total. The SMILES string of the molecule is Cc1csc(Sc2ccc(NC(=O)CN3C(=O)c4ccccc4C3=O)cc2)n1. The number of nitrogens with zero attached hydrogens (tertiary/aromatic N) is 2. The second kappa shape index (κ2) is 7.57. The number of thiazole rings is 1. The molecule has 0 radical (unpaired) electrons. The molecule has 1 N–H and O–H groups in total. The molecule has 8 heteroatoms. The van der Waals surface area contributed by atoms with E-state index in [1.807, 2.05) is 24.4 Å². The number of hydrogen-bond acceptors (Lipinski definition) is 6. The highest BCUT2D eigenvalue weighted by atomic mass is 32.2. The zero-order chi connectivity index (χ0) is 19.7. The molecule has 0 unspecified atom stereocenters. The molecule has 2 aromatic carbocycles. The predicted octanol–water partition coefficient (Wildman–Crippen LogP) is 3.84. The Bertz CT molecular complexity index is 1040. The first kappa shape index (κ1) is 18.4. The molecule has 1 aromatic heterocycles. The molecule has 0 spiro atoms. The minimum absolute atomic E-state index is 0.318. The number of hydrogen-bond donors (Lipinski definition) is 1. The maximum atomic E-state index is 12.3. The van der Waals surface area contributed by atoms with E-state index in [2.05, 4.69) is 10.3 Å². The second-order valence-electron chi connectivity index (χ2n) is 6.17. The van der Waals surface area contributed by atoms with Crippen molar-refractivity contribution < 1.29 is 14.4 Å². The number of fused-ring (bicyclic) bond motifs is 1. The van der Waals surface area contributed by atoms with E-state index in [4.69, 9.17) is 0 Å². The van der Waals surface area contributed by atoms with Crippen molar-refractivity contribution in [1.29, 1.82) is 0 Å². The van der Waals surface area contributed by atoms with Crippen LogP contribution in [0.4, 0.5) is 5.69 Å². The standard InChI is InChI=1S/C20H15N3O3S2/c1-12-11-27-20(21-12)28-14-8-6-13(7-9-14)22-17(24)10-23-18(25)15-4-2-3-5-16(15)19(23)26/h2-9,11H,10H2,1H3,(H,22,24). The van der Waals surface area contributed by atoms with E-state index in [1.165, 1.54) is 0 Å². The van der Waals surface area contributed by atoms with Gasteiger partial charge in [-0.2, -0.15) is 0 Å². The minimum atomic E-state index is -0.443. The van der Waals surface area contributed by atoms with E-state index in [9.17, 15) is 14.4 Å². The Morgan fingerprint density at radius 3 is 2.29 bits per heavy atom. The highest BCUT2D eigenvalue weighted by Crippen LogP contribution is 2.31. The maximum absolute atomic E-state index is 12.3. The topological polar surface area (TPSA) is 79.4 Å². The molecule has 140 valence electrons. The van der Waals surface area contributed by atoms with Crippen molar-refractivity contribution in [1.82, 2.24) is 9.88 Å². The summed E-state index contributed by atoms with van der Waals surface area (Å²) in [5, 5.41) is 4.72. The van der Waals surface area contributed by atoms with Gasteiger partial charge in [-0.1, -0.05) is 23.9 Å². The number of rotatable bonds is 5. The molecule has 4 rings (SSSR count). The van der Waals surface area contributed by atoms with Gasteiger partial charge in [0.25, 0.3) is 11.8 Å². The monoisotopic (exact) mass is 409 g/mol. The summed E-state index contributed by atoms with van der Waals surface area (Å²) < 4.78 is 0.958. The van der Waals surface area contributed by atoms with E-state index in [0.717, 1.165) is 19.8 Å². The number of carbonyl (C=O) groups is 3. The van der Waals surface area contributed by atoms with Crippen molar-refractivity contribution in [3.8, 4) is 0 Å². The average Bonchev–Trinajstić information content (AvgIpc) is 3.20. The Balaban J connectivity index is 1.38. The molecule has 2 heterocycles. The van der Waals surface area contributed by atoms with Gasteiger partial charge in [-0.3, -0.25) is 19.3 Å². The average molecular weight is 409 g/mol. The lowest BCUT2D eigenvalue weighted by molar-refractivity contribution is -0.116. The van der Waals surface area contributed by atoms with Crippen LogP contribution in [0, 0.1) is 6.92 Å². The van der Waals surface area contributed by atoms with Crippen LogP contribution in [0.5, 0.6) is 0 Å². The molecular weight excluding hydrogens is 394 g/mol. The van der Waals surface area contributed by atoms with Gasteiger partial charge in [0.05, 0.1) is 11.1 Å². The lowest BCUT2D eigenvalue weighted by Gasteiger charge is -2.13. The largest absolute Gasteiger partial charge is 0.325 e. The molecule has 1 aliphatic rings. The van der Waals surface area contributed by atoms with Crippen molar-refractivity contribution in [2.75, 3.05) is 11.9 Å². The number of aryl methyl sites for hydroxylation is 1. The lowest BCUT2D eigenvalue weighted by Crippen LogP contribution is -2.37. The molecule has 0 aliphatic carbocycles. The summed E-state index contributed by atoms with van der Waals surface area (Å²) in [6.45, 7) is 1.63. The van der Waals surface area contributed by atoms with Gasteiger partial charge >= 0.3 is 0 Å². The molecule has 0 bridgehead atoms. The summed E-state index contributed by atoms with van der Waals surface area (Å²) in [7, 11) is 0. The van der Waals surface area contributed by atoms with Crippen LogP contribution < -0.4 is 5.32 Å². The highest BCUT2D eigenvalue weighted by Gasteiger charge is 2.36. The van der Waals surface area contributed by atoms with Crippen molar-refractivity contribution in [2.45, 2.75) is 16.2 Å². The first-order valence-corrected chi connectivity index (χ1v) is 10.2. The van der Waals surface area contributed by atoms with Crippen LogP contribution in [-0.4, -0.2) is 34.2 Å². The van der Waals surface area contributed by atoms with E-state index in [0.29, 0.717) is 16.8 Å². The molecule has 0 saturated heterocycles. The molecule has 3 aromatic rings. The first-order valence-electron chi connectivity index (χ1n) is 8.46. The van der Waals surface area contributed by atoms with E-state index in [-0.39, 0.29) is 6.54 Å². The van der Waals surface area contributed by atoms with Crippen molar-refractivity contribution in [3.63, 3.8) is 0 Å². The molecular formula is C20H15N3O3S2. The molecule has 3 amide bonds. The van der Waals surface area contributed by atoms with Crippen LogP contribution in [0.3, 0.4) is 0 Å². The minimum Gasteiger partial charge on any atom is -0.325 e. The van der Waals surface area contributed by atoms with Crippen LogP contribution in [-0.2, 0) is 4.79 Å². The Labute approximate surface area is 169 Å². The quantitative estimate of drug-likeness (QED) is 0.648.